The van der Waals surface area contributed by atoms with Crippen molar-refractivity contribution < 1.29 is 14.3 Å². The first-order chi connectivity index (χ1) is 13.0. The van der Waals surface area contributed by atoms with Crippen LogP contribution in [0.3, 0.4) is 0 Å². The average molecular weight is 399 g/mol. The highest BCUT2D eigenvalue weighted by Gasteiger charge is 2.30. The maximum Gasteiger partial charge on any atom is 0.266 e. The molecule has 138 valence electrons. The zero-order valence-corrected chi connectivity index (χ0v) is 16.5. The molecule has 1 aliphatic rings. The van der Waals surface area contributed by atoms with E-state index in [1.807, 2.05) is 25.1 Å². The summed E-state index contributed by atoms with van der Waals surface area (Å²) in [5, 5.41) is 2.86. The number of hydrogen-bond acceptors (Lipinski definition) is 5. The van der Waals surface area contributed by atoms with Crippen LogP contribution in [0.4, 0.5) is 5.69 Å². The third kappa shape index (κ3) is 4.37. The number of amides is 2. The van der Waals surface area contributed by atoms with Crippen LogP contribution < -0.4 is 10.1 Å². The zero-order valence-electron chi connectivity index (χ0n) is 14.9. The van der Waals surface area contributed by atoms with Crippen LogP contribution in [0.2, 0.25) is 0 Å². The molecule has 7 heteroatoms. The van der Waals surface area contributed by atoms with E-state index in [0.29, 0.717) is 32.8 Å². The first kappa shape index (κ1) is 19.1. The Hall–Kier alpha value is -2.64. The molecule has 0 spiro atoms. The van der Waals surface area contributed by atoms with Crippen LogP contribution in [0, 0.1) is 0 Å². The minimum Gasteiger partial charge on any atom is -0.497 e. The van der Waals surface area contributed by atoms with Gasteiger partial charge in [0.25, 0.3) is 11.8 Å². The van der Waals surface area contributed by atoms with Gasteiger partial charge in [-0.3, -0.25) is 14.5 Å². The average Bonchev–Trinajstić information content (AvgIpc) is 2.94. The number of benzene rings is 2. The highest BCUT2D eigenvalue weighted by atomic mass is 32.2. The number of thiocarbonyl (C=S) groups is 1. The topological polar surface area (TPSA) is 58.6 Å². The van der Waals surface area contributed by atoms with Gasteiger partial charge in [-0.2, -0.15) is 0 Å². The third-order valence-electron chi connectivity index (χ3n) is 3.98. The molecule has 0 radical (unpaired) electrons. The van der Waals surface area contributed by atoms with Gasteiger partial charge in [0, 0.05) is 17.8 Å². The molecular weight excluding hydrogens is 380 g/mol. The lowest BCUT2D eigenvalue weighted by molar-refractivity contribution is -0.121. The van der Waals surface area contributed by atoms with Gasteiger partial charge in [-0.1, -0.05) is 36.1 Å². The van der Waals surface area contributed by atoms with Gasteiger partial charge in [-0.05, 0) is 55.0 Å². The van der Waals surface area contributed by atoms with Gasteiger partial charge in [0.1, 0.15) is 10.1 Å². The van der Waals surface area contributed by atoms with Gasteiger partial charge in [-0.15, -0.1) is 0 Å². The molecule has 1 N–H and O–H groups in total. The Morgan fingerprint density at radius 2 is 2.00 bits per heavy atom. The van der Waals surface area contributed by atoms with Crippen molar-refractivity contribution in [3.63, 3.8) is 0 Å². The zero-order chi connectivity index (χ0) is 19.4. The fraction of sp³-hybridized carbons (Fsp3) is 0.150. The number of methoxy groups -OCH3 is 1. The van der Waals surface area contributed by atoms with Crippen molar-refractivity contribution in [2.75, 3.05) is 19.0 Å². The molecule has 1 heterocycles. The molecule has 5 nitrogen and oxygen atoms in total. The molecule has 0 atom stereocenters. The molecule has 2 amide bonds. The number of carbonyl (C=O) groups excluding carboxylic acids is 2. The number of anilines is 1. The summed E-state index contributed by atoms with van der Waals surface area (Å²) in [5.41, 5.74) is 2.00. The van der Waals surface area contributed by atoms with Crippen molar-refractivity contribution in [1.29, 1.82) is 0 Å². The number of ether oxygens (including phenoxy) is 1. The number of rotatable bonds is 5. The van der Waals surface area contributed by atoms with Gasteiger partial charge in [0.2, 0.25) is 0 Å². The van der Waals surface area contributed by atoms with Crippen LogP contribution in [0.15, 0.2) is 53.4 Å². The maximum absolute atomic E-state index is 12.4. The van der Waals surface area contributed by atoms with Crippen molar-refractivity contribution >= 4 is 51.9 Å². The largest absolute Gasteiger partial charge is 0.497 e. The van der Waals surface area contributed by atoms with E-state index >= 15 is 0 Å². The van der Waals surface area contributed by atoms with Crippen molar-refractivity contribution in [2.45, 2.75) is 6.92 Å². The Labute approximate surface area is 167 Å². The van der Waals surface area contributed by atoms with Crippen molar-refractivity contribution in [3.05, 3.63) is 64.6 Å². The summed E-state index contributed by atoms with van der Waals surface area (Å²) >= 11 is 6.52. The fourth-order valence-corrected chi connectivity index (χ4v) is 3.96. The van der Waals surface area contributed by atoms with E-state index in [4.69, 9.17) is 17.0 Å². The molecule has 27 heavy (non-hydrogen) atoms. The molecule has 3 rings (SSSR count). The number of nitrogens with zero attached hydrogens (tertiary/aromatic N) is 1. The number of hydrogen-bond donors (Lipinski definition) is 1. The molecule has 2 aromatic rings. The lowest BCUT2D eigenvalue weighted by Gasteiger charge is -2.09. The predicted molar refractivity (Wildman–Crippen MR) is 113 cm³/mol. The van der Waals surface area contributed by atoms with Crippen LogP contribution in [-0.4, -0.2) is 34.7 Å². The molecule has 1 saturated heterocycles. The van der Waals surface area contributed by atoms with Crippen LogP contribution >= 0.6 is 24.0 Å². The molecule has 1 aliphatic heterocycles. The Kier molecular flexibility index (Phi) is 5.93. The van der Waals surface area contributed by atoms with Crippen molar-refractivity contribution in [3.8, 4) is 5.75 Å². The third-order valence-corrected chi connectivity index (χ3v) is 5.36. The quantitative estimate of drug-likeness (QED) is 0.605. The first-order valence-corrected chi connectivity index (χ1v) is 9.55. The molecule has 0 unspecified atom stereocenters. The molecule has 0 bridgehead atoms. The maximum atomic E-state index is 12.4. The highest BCUT2D eigenvalue weighted by Crippen LogP contribution is 2.32. The van der Waals surface area contributed by atoms with Gasteiger partial charge in [0.15, 0.2) is 0 Å². The summed E-state index contributed by atoms with van der Waals surface area (Å²) in [6, 6.07) is 14.2. The number of thioether (sulfide) groups is 1. The summed E-state index contributed by atoms with van der Waals surface area (Å²) in [5.74, 6) is 0.394. The standard InChI is InChI=1S/C20H18N2O3S2/c1-3-22-19(24)17(27-20(22)26)12-13-5-4-6-15(11-13)21-18(23)14-7-9-16(25-2)10-8-14/h4-12H,3H2,1-2H3,(H,21,23)/b17-12+. The fourth-order valence-electron chi connectivity index (χ4n) is 2.58. The predicted octanol–water partition coefficient (Wildman–Crippen LogP) is 4.17. The lowest BCUT2D eigenvalue weighted by atomic mass is 10.1. The van der Waals surface area contributed by atoms with Crippen LogP contribution in [0.1, 0.15) is 22.8 Å². The molecule has 1 fully saturated rings. The van der Waals surface area contributed by atoms with Gasteiger partial charge in [0.05, 0.1) is 12.0 Å². The Balaban J connectivity index is 1.75. The summed E-state index contributed by atoms with van der Waals surface area (Å²) < 4.78 is 5.67. The van der Waals surface area contributed by atoms with E-state index in [-0.39, 0.29) is 11.8 Å². The summed E-state index contributed by atoms with van der Waals surface area (Å²) in [6.07, 6.45) is 1.79. The molecule has 0 aromatic heterocycles. The van der Waals surface area contributed by atoms with E-state index in [1.165, 1.54) is 11.8 Å². The van der Waals surface area contributed by atoms with Crippen LogP contribution in [-0.2, 0) is 4.79 Å². The second kappa shape index (κ2) is 8.37. The smallest absolute Gasteiger partial charge is 0.266 e. The van der Waals surface area contributed by atoms with Crippen molar-refractivity contribution in [1.82, 2.24) is 4.90 Å². The number of likely N-dealkylation sites (N-methyl/N-ethyl adjacent to an activating group) is 1. The van der Waals surface area contributed by atoms with Gasteiger partial charge >= 0.3 is 0 Å². The Bertz CT molecular complexity index is 923. The highest BCUT2D eigenvalue weighted by molar-refractivity contribution is 8.26. The molecular formula is C20H18N2O3S2. The normalized spacial score (nSPS) is 15.3. The van der Waals surface area contributed by atoms with E-state index in [2.05, 4.69) is 5.32 Å². The lowest BCUT2D eigenvalue weighted by Crippen LogP contribution is -2.27. The molecule has 0 saturated carbocycles. The minimum absolute atomic E-state index is 0.0832. The first-order valence-electron chi connectivity index (χ1n) is 8.32. The van der Waals surface area contributed by atoms with Gasteiger partial charge in [-0.25, -0.2) is 0 Å². The Morgan fingerprint density at radius 3 is 2.63 bits per heavy atom. The van der Waals surface area contributed by atoms with E-state index < -0.39 is 0 Å². The van der Waals surface area contributed by atoms with E-state index in [0.717, 1.165) is 5.56 Å². The Morgan fingerprint density at radius 1 is 1.26 bits per heavy atom. The monoisotopic (exact) mass is 398 g/mol. The molecule has 0 aliphatic carbocycles. The van der Waals surface area contributed by atoms with Gasteiger partial charge < -0.3 is 10.1 Å². The second-order valence-corrected chi connectivity index (χ2v) is 7.41. The summed E-state index contributed by atoms with van der Waals surface area (Å²) in [6.45, 7) is 2.45. The van der Waals surface area contributed by atoms with Crippen LogP contribution in [0.25, 0.3) is 6.08 Å². The number of nitrogens with one attached hydrogen (secondary N) is 1. The SMILES string of the molecule is CCN1C(=O)/C(=C\c2cccc(NC(=O)c3ccc(OC)cc3)c2)SC1=S. The summed E-state index contributed by atoms with van der Waals surface area (Å²) in [7, 11) is 1.58. The summed E-state index contributed by atoms with van der Waals surface area (Å²) in [4.78, 5) is 26.9. The van der Waals surface area contributed by atoms with E-state index in [1.54, 1.807) is 48.4 Å². The van der Waals surface area contributed by atoms with Crippen LogP contribution in [0.5, 0.6) is 5.75 Å². The van der Waals surface area contributed by atoms with E-state index in [9.17, 15) is 9.59 Å². The van der Waals surface area contributed by atoms with Crippen molar-refractivity contribution in [2.24, 2.45) is 0 Å². The second-order valence-electron chi connectivity index (χ2n) is 5.73. The molecule has 2 aromatic carbocycles. The minimum atomic E-state index is -0.216. The number of carbonyl (C=O) groups is 2.